The van der Waals surface area contributed by atoms with Crippen LogP contribution in [0.1, 0.15) is 11.1 Å². The van der Waals surface area contributed by atoms with E-state index in [0.29, 0.717) is 13.2 Å². The molecule has 0 saturated heterocycles. The van der Waals surface area contributed by atoms with Gasteiger partial charge in [0.25, 0.3) is 0 Å². The lowest BCUT2D eigenvalue weighted by Crippen LogP contribution is -2.02. The van der Waals surface area contributed by atoms with Gasteiger partial charge in [-0.3, -0.25) is 0 Å². The smallest absolute Gasteiger partial charge is 0.338 e. The van der Waals surface area contributed by atoms with Crippen LogP contribution in [-0.2, 0) is 22.3 Å². The molecule has 2 aromatic rings. The minimum atomic E-state index is -1.32. The number of benzene rings is 2. The third-order valence-corrected chi connectivity index (χ3v) is 5.78. The van der Waals surface area contributed by atoms with Crippen molar-refractivity contribution < 1.29 is 18.1 Å². The van der Waals surface area contributed by atoms with E-state index in [0.717, 1.165) is 33.8 Å². The molecule has 2 aliphatic rings. The lowest BCUT2D eigenvalue weighted by molar-refractivity contribution is 0.287. The molecule has 114 valence electrons. The maximum Gasteiger partial charge on any atom is 0.338 e. The van der Waals surface area contributed by atoms with Gasteiger partial charge >= 0.3 is 15.5 Å². The number of rotatable bonds is 1. The molecule has 2 aromatic carbocycles. The highest BCUT2D eigenvalue weighted by molar-refractivity contribution is 7.76. The number of halogens is 2. The van der Waals surface area contributed by atoms with Crippen LogP contribution in [0.3, 0.4) is 0 Å². The summed E-state index contributed by atoms with van der Waals surface area (Å²) in [5.41, 5.74) is 4.14. The first-order valence-corrected chi connectivity index (χ1v) is 10.7. The molecule has 0 spiro atoms. The van der Waals surface area contributed by atoms with Gasteiger partial charge in [0.1, 0.15) is 11.5 Å². The van der Waals surface area contributed by atoms with Gasteiger partial charge in [-0.2, -0.15) is 0 Å². The highest BCUT2D eigenvalue weighted by atomic mass is 35.7. The Labute approximate surface area is 139 Å². The Morgan fingerprint density at radius 3 is 1.64 bits per heavy atom. The molecule has 0 fully saturated rings. The van der Waals surface area contributed by atoms with Crippen LogP contribution >= 0.6 is 37.9 Å². The van der Waals surface area contributed by atoms with Crippen molar-refractivity contribution in [1.29, 1.82) is 0 Å². The minimum Gasteiger partial charge on any atom is -0.436 e. The molecule has 0 aliphatic carbocycles. The monoisotopic (exact) mass is 374 g/mol. The molecule has 2 heterocycles. The summed E-state index contributed by atoms with van der Waals surface area (Å²) in [7, 11) is -2.65. The molecular weight excluding hydrogens is 365 g/mol. The first-order valence-electron chi connectivity index (χ1n) is 6.49. The fraction of sp³-hybridized carbons (Fsp3) is 0.143. The average Bonchev–Trinajstić information content (AvgIpc) is 2.54. The van der Waals surface area contributed by atoms with Gasteiger partial charge in [-0.25, -0.2) is 0 Å². The number of fused-ring (bicyclic) bond motifs is 2. The van der Waals surface area contributed by atoms with Crippen molar-refractivity contribution in [3.05, 3.63) is 47.5 Å². The lowest BCUT2D eigenvalue weighted by Gasteiger charge is -2.22. The summed E-state index contributed by atoms with van der Waals surface area (Å²) in [4.78, 5) is 0. The minimum absolute atomic E-state index is 0.464. The molecule has 4 rings (SSSR count). The quantitative estimate of drug-likeness (QED) is 0.564. The van der Waals surface area contributed by atoms with Crippen LogP contribution in [0.4, 0.5) is 0 Å². The summed E-state index contributed by atoms with van der Waals surface area (Å²) >= 11 is 11.8. The highest BCUT2D eigenvalue weighted by Crippen LogP contribution is 2.52. The Balaban J connectivity index is 1.68. The van der Waals surface area contributed by atoms with E-state index in [4.69, 9.17) is 40.6 Å². The predicted molar refractivity (Wildman–Crippen MR) is 88.3 cm³/mol. The topological polar surface area (TPSA) is 36.9 Å². The van der Waals surface area contributed by atoms with Crippen molar-refractivity contribution in [3.63, 3.8) is 0 Å². The SMILES string of the molecule is ClP1OCc2cc(-c3ccc4c(c3)COP(Cl)O4)ccc2O1. The van der Waals surface area contributed by atoms with E-state index in [9.17, 15) is 0 Å². The molecule has 4 nitrogen and oxygen atoms in total. The van der Waals surface area contributed by atoms with Crippen LogP contribution < -0.4 is 9.05 Å². The summed E-state index contributed by atoms with van der Waals surface area (Å²) in [6, 6.07) is 12.0. The van der Waals surface area contributed by atoms with Crippen LogP contribution in [0.15, 0.2) is 36.4 Å². The van der Waals surface area contributed by atoms with E-state index in [1.807, 2.05) is 24.3 Å². The largest absolute Gasteiger partial charge is 0.436 e. The second-order valence-electron chi connectivity index (χ2n) is 4.80. The van der Waals surface area contributed by atoms with Gasteiger partial charge in [-0.15, -0.1) is 0 Å². The molecule has 22 heavy (non-hydrogen) atoms. The van der Waals surface area contributed by atoms with Crippen molar-refractivity contribution in [1.82, 2.24) is 0 Å². The second-order valence-corrected chi connectivity index (χ2v) is 8.19. The molecule has 0 aromatic heterocycles. The predicted octanol–water partition coefficient (Wildman–Crippen LogP) is 6.10. The third kappa shape index (κ3) is 2.92. The second kappa shape index (κ2) is 6.13. The number of hydrogen-bond donors (Lipinski definition) is 0. The zero-order valence-electron chi connectivity index (χ0n) is 11.2. The van der Waals surface area contributed by atoms with Crippen molar-refractivity contribution in [2.75, 3.05) is 0 Å². The molecule has 2 atom stereocenters. The first kappa shape index (κ1) is 15.0. The van der Waals surface area contributed by atoms with Gasteiger partial charge in [0, 0.05) is 11.1 Å². The van der Waals surface area contributed by atoms with Gasteiger partial charge in [-0.1, -0.05) is 12.1 Å². The van der Waals surface area contributed by atoms with Crippen molar-refractivity contribution in [3.8, 4) is 22.6 Å². The Morgan fingerprint density at radius 2 is 1.18 bits per heavy atom. The molecule has 0 radical (unpaired) electrons. The van der Waals surface area contributed by atoms with Gasteiger partial charge in [0.05, 0.1) is 13.2 Å². The van der Waals surface area contributed by atoms with Crippen molar-refractivity contribution in [2.45, 2.75) is 13.2 Å². The van der Waals surface area contributed by atoms with Crippen LogP contribution in [0, 0.1) is 0 Å². The first-order chi connectivity index (χ1) is 10.7. The zero-order valence-corrected chi connectivity index (χ0v) is 14.5. The van der Waals surface area contributed by atoms with Crippen LogP contribution in [0.5, 0.6) is 11.5 Å². The van der Waals surface area contributed by atoms with Crippen molar-refractivity contribution in [2.24, 2.45) is 0 Å². The summed E-state index contributed by atoms with van der Waals surface area (Å²) in [6.07, 6.45) is 0. The Bertz CT molecular complexity index is 666. The fourth-order valence-electron chi connectivity index (χ4n) is 2.37. The van der Waals surface area contributed by atoms with Crippen molar-refractivity contribution >= 4 is 37.9 Å². The molecule has 0 bridgehead atoms. The Kier molecular flexibility index (Phi) is 4.17. The summed E-state index contributed by atoms with van der Waals surface area (Å²) < 4.78 is 21.7. The summed E-state index contributed by atoms with van der Waals surface area (Å²) in [5.74, 6) is 1.57. The van der Waals surface area contributed by atoms with E-state index in [2.05, 4.69) is 12.1 Å². The molecule has 0 saturated carbocycles. The zero-order chi connectivity index (χ0) is 15.1. The lowest BCUT2D eigenvalue weighted by atomic mass is 10.0. The molecule has 2 aliphatic heterocycles. The summed E-state index contributed by atoms with van der Waals surface area (Å²) in [6.45, 7) is 0.929. The molecule has 0 amide bonds. The van der Waals surface area contributed by atoms with E-state index in [1.165, 1.54) is 0 Å². The molecule has 2 unspecified atom stereocenters. The normalized spacial score (nSPS) is 23.0. The van der Waals surface area contributed by atoms with Gasteiger partial charge in [0.15, 0.2) is 0 Å². The standard InChI is InChI=1S/C14H10Cl2O4P2/c15-21-17-7-11-5-9(1-3-13(11)19-21)10-2-4-14-12(6-10)8-18-22(16)20-14/h1-6H,7-8H2. The van der Waals surface area contributed by atoms with E-state index in [-0.39, 0.29) is 0 Å². The van der Waals surface area contributed by atoms with Gasteiger partial charge in [0.2, 0.25) is 0 Å². The maximum atomic E-state index is 5.88. The number of hydrogen-bond acceptors (Lipinski definition) is 4. The van der Waals surface area contributed by atoms with Crippen LogP contribution in [0.25, 0.3) is 11.1 Å². The van der Waals surface area contributed by atoms with Crippen LogP contribution in [0.2, 0.25) is 0 Å². The maximum absolute atomic E-state index is 5.88. The molecule has 8 heteroatoms. The van der Waals surface area contributed by atoms with Crippen LogP contribution in [-0.4, -0.2) is 0 Å². The van der Waals surface area contributed by atoms with Gasteiger partial charge in [-0.05, 0) is 57.9 Å². The highest BCUT2D eigenvalue weighted by Gasteiger charge is 2.22. The molecule has 0 N–H and O–H groups in total. The van der Waals surface area contributed by atoms with E-state index < -0.39 is 15.5 Å². The Morgan fingerprint density at radius 1 is 0.727 bits per heavy atom. The Hall–Kier alpha value is -0.600. The summed E-state index contributed by atoms with van der Waals surface area (Å²) in [5, 5.41) is 0. The third-order valence-electron chi connectivity index (χ3n) is 3.44. The average molecular weight is 375 g/mol. The van der Waals surface area contributed by atoms with E-state index in [1.54, 1.807) is 0 Å². The molecular formula is C14H10Cl2O4P2. The fourth-order valence-corrected chi connectivity index (χ4v) is 4.36. The van der Waals surface area contributed by atoms with E-state index >= 15 is 0 Å². The van der Waals surface area contributed by atoms with Gasteiger partial charge < -0.3 is 18.1 Å².